The highest BCUT2D eigenvalue weighted by molar-refractivity contribution is 6.31. The molecule has 1 saturated heterocycles. The van der Waals surface area contributed by atoms with Crippen LogP contribution in [0.2, 0.25) is 5.02 Å². The number of hydrogen-bond acceptors (Lipinski definition) is 3. The third-order valence-corrected chi connectivity index (χ3v) is 3.31. The van der Waals surface area contributed by atoms with Crippen molar-refractivity contribution in [2.45, 2.75) is 12.6 Å². The predicted molar refractivity (Wildman–Crippen MR) is 70.5 cm³/mol. The molecule has 0 bridgehead atoms. The van der Waals surface area contributed by atoms with E-state index in [0.717, 1.165) is 12.1 Å². The molecule has 0 aromatic heterocycles. The van der Waals surface area contributed by atoms with Crippen LogP contribution in [-0.4, -0.2) is 43.7 Å². The molecule has 0 saturated carbocycles. The van der Waals surface area contributed by atoms with Gasteiger partial charge in [0.2, 0.25) is 0 Å². The van der Waals surface area contributed by atoms with E-state index in [9.17, 15) is 4.79 Å². The average Bonchev–Trinajstić information content (AvgIpc) is 2.41. The van der Waals surface area contributed by atoms with Crippen molar-refractivity contribution < 1.29 is 9.53 Å². The van der Waals surface area contributed by atoms with Crippen LogP contribution in [0.1, 0.15) is 5.56 Å². The summed E-state index contributed by atoms with van der Waals surface area (Å²) in [5.74, 6) is -0.0119. The number of hydrogen-bond donors (Lipinski definition) is 1. The minimum Gasteiger partial charge on any atom is -0.366 e. The fourth-order valence-corrected chi connectivity index (χ4v) is 2.13. The van der Waals surface area contributed by atoms with E-state index in [-0.39, 0.29) is 12.0 Å². The second-order valence-corrected chi connectivity index (χ2v) is 4.76. The van der Waals surface area contributed by atoms with Gasteiger partial charge >= 0.3 is 0 Å². The maximum atomic E-state index is 12.1. The molecule has 1 aliphatic heterocycles. The molecule has 1 fully saturated rings. The first-order valence-electron chi connectivity index (χ1n) is 5.99. The molecule has 1 N–H and O–H groups in total. The lowest BCUT2D eigenvalue weighted by Gasteiger charge is -2.27. The summed E-state index contributed by atoms with van der Waals surface area (Å²) in [4.78, 5) is 13.8. The normalized spacial score (nSPS) is 19.6. The minimum absolute atomic E-state index is 0.0119. The van der Waals surface area contributed by atoms with Crippen LogP contribution in [0.5, 0.6) is 0 Å². The summed E-state index contributed by atoms with van der Waals surface area (Å²) in [6.07, 6.45) is -0.383. The Bertz CT molecular complexity index is 419. The van der Waals surface area contributed by atoms with E-state index in [0.29, 0.717) is 24.7 Å². The monoisotopic (exact) mass is 268 g/mol. The van der Waals surface area contributed by atoms with Gasteiger partial charge in [-0.25, -0.2) is 0 Å². The van der Waals surface area contributed by atoms with Crippen LogP contribution in [0.3, 0.4) is 0 Å². The Labute approximate surface area is 112 Å². The number of carbonyl (C=O) groups is 1. The molecule has 2 rings (SSSR count). The standard InChI is InChI=1S/C13H17ClN2O2/c1-16(9-10-4-2-3-5-11(10)14)13(17)12-8-15-6-7-18-12/h2-5,12,15H,6-9H2,1H3/t12-/m0/s1. The molecule has 1 aliphatic rings. The molecular weight excluding hydrogens is 252 g/mol. The molecule has 18 heavy (non-hydrogen) atoms. The summed E-state index contributed by atoms with van der Waals surface area (Å²) in [5, 5.41) is 3.83. The Kier molecular flexibility index (Phi) is 4.58. The first-order valence-corrected chi connectivity index (χ1v) is 6.37. The SMILES string of the molecule is CN(Cc1ccccc1Cl)C(=O)[C@@H]1CNCCO1. The third-order valence-electron chi connectivity index (χ3n) is 2.94. The second kappa shape index (κ2) is 6.18. The highest BCUT2D eigenvalue weighted by Gasteiger charge is 2.25. The fraction of sp³-hybridized carbons (Fsp3) is 0.462. The van der Waals surface area contributed by atoms with Gasteiger partial charge in [-0.1, -0.05) is 29.8 Å². The lowest BCUT2D eigenvalue weighted by Crippen LogP contribution is -2.48. The molecule has 1 aromatic rings. The van der Waals surface area contributed by atoms with Crippen molar-refractivity contribution in [3.8, 4) is 0 Å². The summed E-state index contributed by atoms with van der Waals surface area (Å²) < 4.78 is 5.44. The number of carbonyl (C=O) groups excluding carboxylic acids is 1. The van der Waals surface area contributed by atoms with Crippen molar-refractivity contribution in [2.24, 2.45) is 0 Å². The van der Waals surface area contributed by atoms with E-state index < -0.39 is 0 Å². The number of nitrogens with zero attached hydrogens (tertiary/aromatic N) is 1. The maximum Gasteiger partial charge on any atom is 0.253 e. The van der Waals surface area contributed by atoms with Gasteiger partial charge in [-0.15, -0.1) is 0 Å². The summed E-state index contributed by atoms with van der Waals surface area (Å²) in [6.45, 7) is 2.46. The van der Waals surface area contributed by atoms with Crippen LogP contribution < -0.4 is 5.32 Å². The molecule has 5 heteroatoms. The first kappa shape index (κ1) is 13.3. The molecule has 0 aliphatic carbocycles. The average molecular weight is 269 g/mol. The van der Waals surface area contributed by atoms with Crippen molar-refractivity contribution >= 4 is 17.5 Å². The van der Waals surface area contributed by atoms with E-state index in [4.69, 9.17) is 16.3 Å². The smallest absolute Gasteiger partial charge is 0.253 e. The van der Waals surface area contributed by atoms with E-state index in [1.54, 1.807) is 11.9 Å². The number of benzene rings is 1. The van der Waals surface area contributed by atoms with E-state index in [2.05, 4.69) is 5.32 Å². The number of morpholine rings is 1. The van der Waals surface area contributed by atoms with Crippen molar-refractivity contribution in [2.75, 3.05) is 26.7 Å². The Morgan fingerprint density at radius 1 is 1.56 bits per heavy atom. The summed E-state index contributed by atoms with van der Waals surface area (Å²) >= 11 is 6.08. The Balaban J connectivity index is 1.96. The van der Waals surface area contributed by atoms with Gasteiger partial charge in [0.05, 0.1) is 6.61 Å². The second-order valence-electron chi connectivity index (χ2n) is 4.35. The van der Waals surface area contributed by atoms with E-state index in [1.165, 1.54) is 0 Å². The zero-order valence-corrected chi connectivity index (χ0v) is 11.1. The van der Waals surface area contributed by atoms with Gasteiger partial charge in [-0.2, -0.15) is 0 Å². The predicted octanol–water partition coefficient (Wildman–Crippen LogP) is 1.29. The van der Waals surface area contributed by atoms with Crippen molar-refractivity contribution in [3.05, 3.63) is 34.9 Å². The van der Waals surface area contributed by atoms with Crippen LogP contribution in [0, 0.1) is 0 Å². The highest BCUT2D eigenvalue weighted by Crippen LogP contribution is 2.17. The Morgan fingerprint density at radius 2 is 2.33 bits per heavy atom. The van der Waals surface area contributed by atoms with Gasteiger partial charge < -0.3 is 15.0 Å². The van der Waals surface area contributed by atoms with Gasteiger partial charge in [0, 0.05) is 31.7 Å². The zero-order chi connectivity index (χ0) is 13.0. The molecule has 1 heterocycles. The molecule has 0 spiro atoms. The van der Waals surface area contributed by atoms with Crippen molar-refractivity contribution in [3.63, 3.8) is 0 Å². The van der Waals surface area contributed by atoms with Gasteiger partial charge in [0.25, 0.3) is 5.91 Å². The number of halogens is 1. The Hall–Kier alpha value is -1.10. The Morgan fingerprint density at radius 3 is 3.00 bits per heavy atom. The topological polar surface area (TPSA) is 41.6 Å². The van der Waals surface area contributed by atoms with E-state index in [1.807, 2.05) is 24.3 Å². The van der Waals surface area contributed by atoms with Crippen LogP contribution in [0.25, 0.3) is 0 Å². The van der Waals surface area contributed by atoms with Gasteiger partial charge in [-0.05, 0) is 11.6 Å². The van der Waals surface area contributed by atoms with Crippen LogP contribution in [-0.2, 0) is 16.1 Å². The maximum absolute atomic E-state index is 12.1. The highest BCUT2D eigenvalue weighted by atomic mass is 35.5. The fourth-order valence-electron chi connectivity index (χ4n) is 1.93. The number of amides is 1. The lowest BCUT2D eigenvalue weighted by molar-refractivity contribution is -0.144. The van der Waals surface area contributed by atoms with Crippen LogP contribution in [0.4, 0.5) is 0 Å². The number of ether oxygens (including phenoxy) is 1. The van der Waals surface area contributed by atoms with Crippen molar-refractivity contribution in [1.82, 2.24) is 10.2 Å². The van der Waals surface area contributed by atoms with Crippen molar-refractivity contribution in [1.29, 1.82) is 0 Å². The van der Waals surface area contributed by atoms with Crippen LogP contribution in [0.15, 0.2) is 24.3 Å². The molecule has 98 valence electrons. The van der Waals surface area contributed by atoms with E-state index >= 15 is 0 Å². The van der Waals surface area contributed by atoms with Gasteiger partial charge in [-0.3, -0.25) is 4.79 Å². The summed E-state index contributed by atoms with van der Waals surface area (Å²) in [7, 11) is 1.77. The summed E-state index contributed by atoms with van der Waals surface area (Å²) in [5.41, 5.74) is 0.943. The minimum atomic E-state index is -0.383. The molecule has 4 nitrogen and oxygen atoms in total. The first-order chi connectivity index (χ1) is 8.68. The quantitative estimate of drug-likeness (QED) is 0.898. The largest absolute Gasteiger partial charge is 0.366 e. The molecule has 1 atom stereocenters. The van der Waals surface area contributed by atoms with Gasteiger partial charge in [0.1, 0.15) is 6.10 Å². The van der Waals surface area contributed by atoms with Gasteiger partial charge in [0.15, 0.2) is 0 Å². The van der Waals surface area contributed by atoms with Crippen LogP contribution >= 0.6 is 11.6 Å². The lowest BCUT2D eigenvalue weighted by atomic mass is 10.2. The molecule has 0 radical (unpaired) electrons. The number of likely N-dealkylation sites (N-methyl/N-ethyl adjacent to an activating group) is 1. The third kappa shape index (κ3) is 3.22. The molecule has 1 aromatic carbocycles. The zero-order valence-electron chi connectivity index (χ0n) is 10.4. The number of nitrogens with one attached hydrogen (secondary N) is 1. The number of rotatable bonds is 3. The molecule has 0 unspecified atom stereocenters. The summed E-state index contributed by atoms with van der Waals surface area (Å²) in [6, 6.07) is 7.54. The molecular formula is C13H17ClN2O2. The molecule has 1 amide bonds.